The van der Waals surface area contributed by atoms with Crippen LogP contribution in [0.15, 0.2) is 12.1 Å². The number of aliphatic hydroxyl groups excluding tert-OH is 1. The molecule has 1 aromatic rings. The molecule has 0 amide bonds. The number of ether oxygens (including phenoxy) is 1. The molecule has 20 heavy (non-hydrogen) atoms. The van der Waals surface area contributed by atoms with Crippen LogP contribution in [0.2, 0.25) is 0 Å². The summed E-state index contributed by atoms with van der Waals surface area (Å²) in [6.45, 7) is 0.592. The minimum Gasteiger partial charge on any atom is -0.490 e. The number of anilines is 1. The third kappa shape index (κ3) is 2.82. The van der Waals surface area contributed by atoms with E-state index >= 15 is 0 Å². The van der Waals surface area contributed by atoms with Crippen LogP contribution in [0.25, 0.3) is 0 Å². The Balaban J connectivity index is 2.20. The molecule has 0 atom stereocenters. The van der Waals surface area contributed by atoms with Gasteiger partial charge in [-0.2, -0.15) is 0 Å². The Labute approximate surface area is 115 Å². The molecule has 6 nitrogen and oxygen atoms in total. The molecule has 110 valence electrons. The predicted octanol–water partition coefficient (Wildman–Crippen LogP) is 1.95. The molecule has 0 aromatic heterocycles. The number of aliphatic hydroxyl groups is 1. The zero-order valence-corrected chi connectivity index (χ0v) is 11.4. The second-order valence-electron chi connectivity index (χ2n) is 5.10. The van der Waals surface area contributed by atoms with Gasteiger partial charge in [0.1, 0.15) is 0 Å². The molecule has 1 aliphatic carbocycles. The van der Waals surface area contributed by atoms with Crippen molar-refractivity contribution >= 4 is 11.4 Å². The maximum atomic E-state index is 14.0. The summed E-state index contributed by atoms with van der Waals surface area (Å²) in [6, 6.07) is 2.21. The lowest BCUT2D eigenvalue weighted by atomic mass is 9.82. The summed E-state index contributed by atoms with van der Waals surface area (Å²) in [5.74, 6) is -0.303. The first-order chi connectivity index (χ1) is 9.42. The molecule has 0 unspecified atom stereocenters. The molecule has 1 saturated carbocycles. The van der Waals surface area contributed by atoms with Gasteiger partial charge in [0, 0.05) is 19.7 Å². The average Bonchev–Trinajstić information content (AvgIpc) is 2.36. The van der Waals surface area contributed by atoms with Crippen molar-refractivity contribution < 1.29 is 19.2 Å². The van der Waals surface area contributed by atoms with Crippen LogP contribution in [0.4, 0.5) is 15.8 Å². The summed E-state index contributed by atoms with van der Waals surface area (Å²) in [5, 5.41) is 20.0. The van der Waals surface area contributed by atoms with Gasteiger partial charge in [-0.15, -0.1) is 0 Å². The van der Waals surface area contributed by atoms with Crippen molar-refractivity contribution in [1.82, 2.24) is 0 Å². The summed E-state index contributed by atoms with van der Waals surface area (Å²) in [6.07, 6.45) is 1.15. The Bertz CT molecular complexity index is 517. The smallest absolute Gasteiger partial charge is 0.313 e. The van der Waals surface area contributed by atoms with Gasteiger partial charge in [-0.3, -0.25) is 10.1 Å². The van der Waals surface area contributed by atoms with E-state index in [1.165, 1.54) is 13.2 Å². The third-order valence-electron chi connectivity index (χ3n) is 3.60. The van der Waals surface area contributed by atoms with Crippen LogP contribution in [0.5, 0.6) is 5.75 Å². The Morgan fingerprint density at radius 2 is 2.20 bits per heavy atom. The largest absolute Gasteiger partial charge is 0.490 e. The van der Waals surface area contributed by atoms with E-state index in [9.17, 15) is 19.6 Å². The number of nitro benzene ring substituents is 1. The normalized spacial score (nSPS) is 21.2. The number of nitrogens with zero attached hydrogens (tertiary/aromatic N) is 2. The molecule has 1 N–H and O–H groups in total. The van der Waals surface area contributed by atoms with E-state index in [2.05, 4.69) is 0 Å². The van der Waals surface area contributed by atoms with Gasteiger partial charge < -0.3 is 14.7 Å². The molecule has 0 saturated heterocycles. The lowest BCUT2D eigenvalue weighted by Crippen LogP contribution is -2.37. The minimum absolute atomic E-state index is 0.0342. The Kier molecular flexibility index (Phi) is 4.08. The zero-order chi connectivity index (χ0) is 14.9. The van der Waals surface area contributed by atoms with Crippen molar-refractivity contribution in [3.8, 4) is 5.75 Å². The molecule has 7 heteroatoms. The summed E-state index contributed by atoms with van der Waals surface area (Å²) >= 11 is 0. The Morgan fingerprint density at radius 3 is 2.70 bits per heavy atom. The van der Waals surface area contributed by atoms with Crippen LogP contribution < -0.4 is 9.64 Å². The second-order valence-corrected chi connectivity index (χ2v) is 5.10. The van der Waals surface area contributed by atoms with Gasteiger partial charge in [-0.05, 0) is 18.8 Å². The summed E-state index contributed by atoms with van der Waals surface area (Å²) in [4.78, 5) is 11.8. The lowest BCUT2D eigenvalue weighted by Gasteiger charge is -2.35. The molecule has 0 radical (unpaired) electrons. The number of methoxy groups -OCH3 is 1. The molecule has 0 heterocycles. The highest BCUT2D eigenvalue weighted by atomic mass is 19.1. The first kappa shape index (κ1) is 14.5. The fourth-order valence-corrected chi connectivity index (χ4v) is 2.47. The van der Waals surface area contributed by atoms with Gasteiger partial charge in [-0.1, -0.05) is 0 Å². The van der Waals surface area contributed by atoms with Gasteiger partial charge in [0.25, 0.3) is 0 Å². The number of benzene rings is 1. The highest BCUT2D eigenvalue weighted by Crippen LogP contribution is 2.35. The molecule has 0 bridgehead atoms. The van der Waals surface area contributed by atoms with Crippen LogP contribution in [-0.4, -0.2) is 36.8 Å². The molecular weight excluding hydrogens is 267 g/mol. The van der Waals surface area contributed by atoms with Crippen LogP contribution in [0, 0.1) is 21.8 Å². The number of halogens is 1. The number of rotatable bonds is 5. The number of hydrogen-bond donors (Lipinski definition) is 1. The van der Waals surface area contributed by atoms with Gasteiger partial charge in [0.05, 0.1) is 29.9 Å². The Morgan fingerprint density at radius 1 is 1.55 bits per heavy atom. The molecule has 0 aliphatic heterocycles. The van der Waals surface area contributed by atoms with E-state index in [0.717, 1.165) is 6.07 Å². The monoisotopic (exact) mass is 284 g/mol. The summed E-state index contributed by atoms with van der Waals surface area (Å²) < 4.78 is 18.9. The highest BCUT2D eigenvalue weighted by molar-refractivity contribution is 5.60. The first-order valence-corrected chi connectivity index (χ1v) is 6.33. The summed E-state index contributed by atoms with van der Waals surface area (Å²) in [5.41, 5.74) is -0.130. The maximum absolute atomic E-state index is 14.0. The SMILES string of the molecule is COc1cc(N(C)CC2CC(O)C2)c(F)cc1[N+](=O)[O-]. The standard InChI is InChI=1S/C13H17FN2O4/c1-15(7-8-3-9(17)4-8)11-6-13(20-2)12(16(18)19)5-10(11)14/h5-6,8-9,17H,3-4,7H2,1-2H3. The van der Waals surface area contributed by atoms with Crippen molar-refractivity contribution in [1.29, 1.82) is 0 Å². The van der Waals surface area contributed by atoms with E-state index in [4.69, 9.17) is 4.74 Å². The van der Waals surface area contributed by atoms with E-state index in [0.29, 0.717) is 25.3 Å². The van der Waals surface area contributed by atoms with Crippen molar-refractivity contribution in [2.45, 2.75) is 18.9 Å². The number of nitro groups is 1. The van der Waals surface area contributed by atoms with E-state index in [-0.39, 0.29) is 23.2 Å². The van der Waals surface area contributed by atoms with E-state index in [1.807, 2.05) is 0 Å². The molecule has 1 aliphatic rings. The van der Waals surface area contributed by atoms with Crippen LogP contribution in [0.1, 0.15) is 12.8 Å². The topological polar surface area (TPSA) is 75.8 Å². The molecule has 1 fully saturated rings. The van der Waals surface area contributed by atoms with Gasteiger partial charge >= 0.3 is 5.69 Å². The minimum atomic E-state index is -0.673. The molecule has 1 aromatic carbocycles. The van der Waals surface area contributed by atoms with Crippen molar-refractivity contribution in [2.24, 2.45) is 5.92 Å². The van der Waals surface area contributed by atoms with Gasteiger partial charge in [0.15, 0.2) is 11.6 Å². The predicted molar refractivity (Wildman–Crippen MR) is 71.6 cm³/mol. The number of hydrogen-bond acceptors (Lipinski definition) is 5. The molecule has 2 rings (SSSR count). The first-order valence-electron chi connectivity index (χ1n) is 6.33. The Hall–Kier alpha value is -1.89. The van der Waals surface area contributed by atoms with Gasteiger partial charge in [0.2, 0.25) is 0 Å². The molecule has 0 spiro atoms. The fraction of sp³-hybridized carbons (Fsp3) is 0.538. The van der Waals surface area contributed by atoms with E-state index in [1.54, 1.807) is 11.9 Å². The van der Waals surface area contributed by atoms with Crippen molar-refractivity contribution in [3.63, 3.8) is 0 Å². The van der Waals surface area contributed by atoms with Crippen LogP contribution in [-0.2, 0) is 0 Å². The third-order valence-corrected chi connectivity index (χ3v) is 3.60. The average molecular weight is 284 g/mol. The van der Waals surface area contributed by atoms with Crippen molar-refractivity contribution in [3.05, 3.63) is 28.1 Å². The fourth-order valence-electron chi connectivity index (χ4n) is 2.47. The van der Waals surface area contributed by atoms with Crippen molar-refractivity contribution in [2.75, 3.05) is 25.6 Å². The zero-order valence-electron chi connectivity index (χ0n) is 11.4. The summed E-state index contributed by atoms with van der Waals surface area (Å²) in [7, 11) is 3.03. The molecular formula is C13H17FN2O4. The van der Waals surface area contributed by atoms with E-state index < -0.39 is 10.7 Å². The quantitative estimate of drug-likeness (QED) is 0.660. The van der Waals surface area contributed by atoms with Crippen LogP contribution >= 0.6 is 0 Å². The van der Waals surface area contributed by atoms with Gasteiger partial charge in [-0.25, -0.2) is 4.39 Å². The second kappa shape index (κ2) is 5.62. The highest BCUT2D eigenvalue weighted by Gasteiger charge is 2.29. The lowest BCUT2D eigenvalue weighted by molar-refractivity contribution is -0.385. The maximum Gasteiger partial charge on any atom is 0.313 e. The van der Waals surface area contributed by atoms with Crippen LogP contribution in [0.3, 0.4) is 0 Å².